The fourth-order valence-electron chi connectivity index (χ4n) is 2.14. The van der Waals surface area contributed by atoms with Crippen LogP contribution < -0.4 is 0 Å². The van der Waals surface area contributed by atoms with Gasteiger partial charge in [-0.2, -0.15) is 0 Å². The lowest BCUT2D eigenvalue weighted by molar-refractivity contribution is 0.0668. The lowest BCUT2D eigenvalue weighted by atomic mass is 10.1. The molecule has 5 heteroatoms. The number of halogens is 2. The molecule has 1 aromatic rings. The highest BCUT2D eigenvalue weighted by Crippen LogP contribution is 2.22. The molecule has 0 saturated carbocycles. The van der Waals surface area contributed by atoms with E-state index in [4.69, 9.17) is 5.11 Å². The number of carbonyl (C=O) groups is 1. The Kier molecular flexibility index (Phi) is 3.38. The highest BCUT2D eigenvalue weighted by molar-refractivity contribution is 5.95. The molecule has 0 bridgehead atoms. The molecule has 1 heterocycles. The van der Waals surface area contributed by atoms with Crippen LogP contribution in [-0.4, -0.2) is 35.1 Å². The maximum Gasteiger partial charge on any atom is 0.260 e. The van der Waals surface area contributed by atoms with Crippen molar-refractivity contribution in [3.8, 4) is 0 Å². The molecule has 0 spiro atoms. The minimum Gasteiger partial charge on any atom is -0.394 e. The predicted octanol–water partition coefficient (Wildman–Crippen LogP) is 1.56. The normalized spacial score (nSPS) is 19.7. The summed E-state index contributed by atoms with van der Waals surface area (Å²) in [6.45, 7) is 0.250. The van der Waals surface area contributed by atoms with E-state index in [1.807, 2.05) is 0 Å². The minimum atomic E-state index is -0.862. The first-order valence-electron chi connectivity index (χ1n) is 5.51. The molecule has 17 heavy (non-hydrogen) atoms. The molecular formula is C12H13F2NO2. The number of aliphatic hydroxyl groups is 1. The van der Waals surface area contributed by atoms with Crippen molar-refractivity contribution in [2.24, 2.45) is 0 Å². The van der Waals surface area contributed by atoms with E-state index < -0.39 is 23.1 Å². The zero-order valence-electron chi connectivity index (χ0n) is 9.20. The maximum atomic E-state index is 13.4. The molecule has 2 rings (SSSR count). The topological polar surface area (TPSA) is 40.5 Å². The van der Waals surface area contributed by atoms with Gasteiger partial charge in [-0.25, -0.2) is 8.78 Å². The summed E-state index contributed by atoms with van der Waals surface area (Å²) in [7, 11) is 0. The van der Waals surface area contributed by atoms with Gasteiger partial charge in [-0.15, -0.1) is 0 Å². The lowest BCUT2D eigenvalue weighted by Gasteiger charge is -2.23. The maximum absolute atomic E-state index is 13.4. The number of benzene rings is 1. The molecule has 1 aromatic carbocycles. The fraction of sp³-hybridized carbons (Fsp3) is 0.417. The van der Waals surface area contributed by atoms with Gasteiger partial charge >= 0.3 is 0 Å². The molecule has 1 amide bonds. The zero-order chi connectivity index (χ0) is 12.4. The van der Waals surface area contributed by atoms with E-state index in [1.54, 1.807) is 0 Å². The van der Waals surface area contributed by atoms with Gasteiger partial charge in [-0.1, -0.05) is 6.07 Å². The van der Waals surface area contributed by atoms with Crippen LogP contribution in [0.15, 0.2) is 18.2 Å². The summed E-state index contributed by atoms with van der Waals surface area (Å²) in [5, 5.41) is 9.09. The van der Waals surface area contributed by atoms with Crippen LogP contribution in [0.3, 0.4) is 0 Å². The molecule has 0 radical (unpaired) electrons. The molecule has 3 nitrogen and oxygen atoms in total. The van der Waals surface area contributed by atoms with Gasteiger partial charge in [0.25, 0.3) is 5.91 Å². The second kappa shape index (κ2) is 4.79. The van der Waals surface area contributed by atoms with E-state index in [0.29, 0.717) is 13.0 Å². The number of carbonyl (C=O) groups excluding carboxylic acids is 1. The van der Waals surface area contributed by atoms with Crippen molar-refractivity contribution in [2.45, 2.75) is 18.9 Å². The molecule has 1 N–H and O–H groups in total. The number of hydrogen-bond acceptors (Lipinski definition) is 2. The Bertz CT molecular complexity index is 416. The van der Waals surface area contributed by atoms with Gasteiger partial charge in [0.15, 0.2) is 0 Å². The van der Waals surface area contributed by atoms with E-state index in [1.165, 1.54) is 11.0 Å². The van der Waals surface area contributed by atoms with Gasteiger partial charge in [-0.3, -0.25) is 4.79 Å². The van der Waals surface area contributed by atoms with Crippen molar-refractivity contribution in [2.75, 3.05) is 13.2 Å². The van der Waals surface area contributed by atoms with E-state index in [-0.39, 0.29) is 12.6 Å². The second-order valence-electron chi connectivity index (χ2n) is 4.07. The Morgan fingerprint density at radius 3 is 2.65 bits per heavy atom. The van der Waals surface area contributed by atoms with Crippen LogP contribution in [-0.2, 0) is 0 Å². The van der Waals surface area contributed by atoms with Gasteiger partial charge < -0.3 is 10.0 Å². The molecule has 1 atom stereocenters. The first-order valence-corrected chi connectivity index (χ1v) is 5.51. The van der Waals surface area contributed by atoms with E-state index in [9.17, 15) is 13.6 Å². The zero-order valence-corrected chi connectivity index (χ0v) is 9.20. The fourth-order valence-corrected chi connectivity index (χ4v) is 2.14. The van der Waals surface area contributed by atoms with Gasteiger partial charge in [-0.05, 0) is 25.0 Å². The minimum absolute atomic E-state index is 0.179. The third-order valence-corrected chi connectivity index (χ3v) is 3.03. The lowest BCUT2D eigenvalue weighted by Crippen LogP contribution is -2.38. The molecular weight excluding hydrogens is 228 g/mol. The molecule has 0 unspecified atom stereocenters. The molecule has 1 aliphatic heterocycles. The Labute approximate surface area is 97.7 Å². The number of rotatable bonds is 2. The summed E-state index contributed by atoms with van der Waals surface area (Å²) in [5.41, 5.74) is -0.534. The van der Waals surface area contributed by atoms with Crippen molar-refractivity contribution in [3.05, 3.63) is 35.4 Å². The highest BCUT2D eigenvalue weighted by Gasteiger charge is 2.31. The van der Waals surface area contributed by atoms with E-state index in [2.05, 4.69) is 0 Å². The number of likely N-dealkylation sites (tertiary alicyclic amines) is 1. The molecule has 1 fully saturated rings. The van der Waals surface area contributed by atoms with Crippen LogP contribution in [0.5, 0.6) is 0 Å². The van der Waals surface area contributed by atoms with Crippen molar-refractivity contribution in [1.82, 2.24) is 4.90 Å². The van der Waals surface area contributed by atoms with Gasteiger partial charge in [0.2, 0.25) is 0 Å². The van der Waals surface area contributed by atoms with Crippen LogP contribution in [0.25, 0.3) is 0 Å². The van der Waals surface area contributed by atoms with Crippen LogP contribution in [0.2, 0.25) is 0 Å². The summed E-state index contributed by atoms with van der Waals surface area (Å²) in [6, 6.07) is 3.00. The molecule has 92 valence electrons. The van der Waals surface area contributed by atoms with Crippen molar-refractivity contribution < 1.29 is 18.7 Å². The molecule has 1 aliphatic rings. The average molecular weight is 241 g/mol. The van der Waals surface area contributed by atoms with Crippen molar-refractivity contribution >= 4 is 5.91 Å². The third kappa shape index (κ3) is 2.15. The summed E-state index contributed by atoms with van der Waals surface area (Å²) in [4.78, 5) is 13.3. The Morgan fingerprint density at radius 2 is 2.06 bits per heavy atom. The van der Waals surface area contributed by atoms with E-state index >= 15 is 0 Å². The van der Waals surface area contributed by atoms with Crippen LogP contribution in [0.4, 0.5) is 8.78 Å². The third-order valence-electron chi connectivity index (χ3n) is 3.03. The van der Waals surface area contributed by atoms with Gasteiger partial charge in [0, 0.05) is 6.54 Å². The van der Waals surface area contributed by atoms with Crippen LogP contribution >= 0.6 is 0 Å². The number of aliphatic hydroxyl groups excluding tert-OH is 1. The summed E-state index contributed by atoms with van der Waals surface area (Å²) in [6.07, 6.45) is 1.41. The summed E-state index contributed by atoms with van der Waals surface area (Å²) in [5.74, 6) is -2.41. The average Bonchev–Trinajstić information content (AvgIpc) is 2.76. The Balaban J connectivity index is 2.31. The largest absolute Gasteiger partial charge is 0.394 e. The highest BCUT2D eigenvalue weighted by atomic mass is 19.1. The summed E-state index contributed by atoms with van der Waals surface area (Å²) < 4.78 is 26.9. The first kappa shape index (κ1) is 12.0. The van der Waals surface area contributed by atoms with Crippen LogP contribution in [0, 0.1) is 11.6 Å². The number of hydrogen-bond donors (Lipinski definition) is 1. The molecule has 0 aromatic heterocycles. The van der Waals surface area contributed by atoms with Gasteiger partial charge in [0.05, 0.1) is 12.6 Å². The Hall–Kier alpha value is -1.49. The van der Waals surface area contributed by atoms with Gasteiger partial charge in [0.1, 0.15) is 17.2 Å². The summed E-state index contributed by atoms with van der Waals surface area (Å²) >= 11 is 0. The van der Waals surface area contributed by atoms with Crippen LogP contribution in [0.1, 0.15) is 23.2 Å². The first-order chi connectivity index (χ1) is 8.15. The van der Waals surface area contributed by atoms with Crippen molar-refractivity contribution in [3.63, 3.8) is 0 Å². The number of amides is 1. The monoisotopic (exact) mass is 241 g/mol. The number of nitrogens with zero attached hydrogens (tertiary/aromatic N) is 1. The Morgan fingerprint density at radius 1 is 1.41 bits per heavy atom. The molecule has 0 aliphatic carbocycles. The quantitative estimate of drug-likeness (QED) is 0.853. The van der Waals surface area contributed by atoms with E-state index in [0.717, 1.165) is 18.6 Å². The second-order valence-corrected chi connectivity index (χ2v) is 4.07. The smallest absolute Gasteiger partial charge is 0.260 e. The predicted molar refractivity (Wildman–Crippen MR) is 57.5 cm³/mol. The standard InChI is InChI=1S/C12H13F2NO2/c13-9-4-1-5-10(14)11(9)12(17)15-6-2-3-8(15)7-16/h1,4-5,8,16H,2-3,6-7H2/t8-/m0/s1. The molecule has 1 saturated heterocycles. The van der Waals surface area contributed by atoms with Crippen molar-refractivity contribution in [1.29, 1.82) is 0 Å². The SMILES string of the molecule is O=C(c1c(F)cccc1F)N1CCC[C@H]1CO.